The maximum atomic E-state index is 5.34. The number of hydrogen-bond donors (Lipinski definition) is 0. The van der Waals surface area contributed by atoms with Crippen LogP contribution in [0.5, 0.6) is 0 Å². The van der Waals surface area contributed by atoms with Crippen molar-refractivity contribution in [3.05, 3.63) is 23.5 Å². The van der Waals surface area contributed by atoms with Crippen LogP contribution in [-0.2, 0) is 15.9 Å². The van der Waals surface area contributed by atoms with Gasteiger partial charge in [0.1, 0.15) is 0 Å². The van der Waals surface area contributed by atoms with Crippen LogP contribution >= 0.6 is 0 Å². The van der Waals surface area contributed by atoms with Crippen LogP contribution in [-0.4, -0.2) is 35.6 Å². The zero-order valence-corrected chi connectivity index (χ0v) is 11.8. The summed E-state index contributed by atoms with van der Waals surface area (Å²) >= 11 is 0. The molecule has 4 rings (SSSR count). The molecule has 1 saturated carbocycles. The molecule has 0 N–H and O–H groups in total. The third kappa shape index (κ3) is 3.18. The quantitative estimate of drug-likeness (QED) is 0.774. The van der Waals surface area contributed by atoms with Gasteiger partial charge in [0.2, 0.25) is 0 Å². The average molecular weight is 274 g/mol. The highest BCUT2D eigenvalue weighted by atomic mass is 16.6. The van der Waals surface area contributed by atoms with E-state index in [0.29, 0.717) is 18.1 Å². The minimum absolute atomic E-state index is 0.398. The highest BCUT2D eigenvalue weighted by molar-refractivity contribution is 5.13. The Bertz CT molecular complexity index is 446. The maximum Gasteiger partial charge on any atom is 0.0865 e. The molecule has 0 amide bonds. The van der Waals surface area contributed by atoms with Crippen LogP contribution < -0.4 is 0 Å². The van der Waals surface area contributed by atoms with Crippen LogP contribution in [0.25, 0.3) is 0 Å². The van der Waals surface area contributed by atoms with Gasteiger partial charge in [-0.1, -0.05) is 0 Å². The van der Waals surface area contributed by atoms with Crippen molar-refractivity contribution < 1.29 is 9.47 Å². The smallest absolute Gasteiger partial charge is 0.0865 e. The van der Waals surface area contributed by atoms with Gasteiger partial charge in [-0.3, -0.25) is 0 Å². The Morgan fingerprint density at radius 3 is 2.30 bits per heavy atom. The van der Waals surface area contributed by atoms with Gasteiger partial charge in [-0.15, -0.1) is 0 Å². The van der Waals surface area contributed by atoms with Gasteiger partial charge < -0.3 is 9.47 Å². The lowest BCUT2D eigenvalue weighted by Crippen LogP contribution is -2.16. The summed E-state index contributed by atoms with van der Waals surface area (Å²) in [5.41, 5.74) is 2.25. The fraction of sp³-hybridized carbons (Fsp3) is 0.750. The number of aromatic nitrogens is 2. The molecule has 1 aliphatic carbocycles. The molecule has 4 nitrogen and oxygen atoms in total. The molecule has 108 valence electrons. The fourth-order valence-electron chi connectivity index (χ4n) is 3.39. The van der Waals surface area contributed by atoms with Crippen molar-refractivity contribution in [1.29, 1.82) is 0 Å². The molecule has 2 saturated heterocycles. The molecule has 0 bridgehead atoms. The molecule has 2 atom stereocenters. The van der Waals surface area contributed by atoms with E-state index < -0.39 is 0 Å². The molecule has 0 spiro atoms. The Balaban J connectivity index is 1.30. The van der Waals surface area contributed by atoms with Crippen molar-refractivity contribution in [2.24, 2.45) is 5.92 Å². The van der Waals surface area contributed by atoms with Crippen molar-refractivity contribution in [3.8, 4) is 0 Å². The third-order valence-corrected chi connectivity index (χ3v) is 4.84. The largest absolute Gasteiger partial charge is 0.373 e. The van der Waals surface area contributed by atoms with Gasteiger partial charge in [-0.25, -0.2) is 0 Å². The molecule has 3 heterocycles. The molecule has 20 heavy (non-hydrogen) atoms. The monoisotopic (exact) mass is 274 g/mol. The number of nitrogens with zero attached hydrogens (tertiary/aromatic N) is 2. The van der Waals surface area contributed by atoms with Gasteiger partial charge in [0.15, 0.2) is 0 Å². The lowest BCUT2D eigenvalue weighted by molar-refractivity contribution is 0.273. The van der Waals surface area contributed by atoms with Crippen molar-refractivity contribution >= 4 is 0 Å². The van der Waals surface area contributed by atoms with Gasteiger partial charge in [-0.05, 0) is 50.2 Å². The Morgan fingerprint density at radius 1 is 0.950 bits per heavy atom. The molecule has 1 aromatic rings. The molecule has 2 aliphatic heterocycles. The van der Waals surface area contributed by atoms with Crippen LogP contribution in [0.3, 0.4) is 0 Å². The van der Waals surface area contributed by atoms with Crippen LogP contribution in [0.1, 0.15) is 49.4 Å². The van der Waals surface area contributed by atoms with Crippen LogP contribution in [0.4, 0.5) is 0 Å². The highest BCUT2D eigenvalue weighted by Gasteiger charge is 2.30. The fourth-order valence-corrected chi connectivity index (χ4v) is 3.39. The first-order chi connectivity index (χ1) is 9.87. The summed E-state index contributed by atoms with van der Waals surface area (Å²) < 4.78 is 10.6. The van der Waals surface area contributed by atoms with E-state index in [4.69, 9.17) is 9.47 Å². The molecule has 3 fully saturated rings. The first-order valence-corrected chi connectivity index (χ1v) is 7.92. The minimum Gasteiger partial charge on any atom is -0.373 e. The molecule has 4 heteroatoms. The van der Waals surface area contributed by atoms with E-state index in [-0.39, 0.29) is 0 Å². The Hall–Kier alpha value is -1.00. The Morgan fingerprint density at radius 2 is 1.70 bits per heavy atom. The second-order valence-corrected chi connectivity index (χ2v) is 6.52. The molecule has 0 aromatic carbocycles. The van der Waals surface area contributed by atoms with E-state index in [9.17, 15) is 0 Å². The first-order valence-electron chi connectivity index (χ1n) is 7.92. The van der Waals surface area contributed by atoms with Gasteiger partial charge in [-0.2, -0.15) is 10.2 Å². The first kappa shape index (κ1) is 12.7. The summed E-state index contributed by atoms with van der Waals surface area (Å²) in [6.07, 6.45) is 8.35. The summed E-state index contributed by atoms with van der Waals surface area (Å²) in [6.45, 7) is 1.88. The molecule has 2 unspecified atom stereocenters. The predicted octanol–water partition coefficient (Wildman–Crippen LogP) is 2.48. The zero-order chi connectivity index (χ0) is 13.4. The highest BCUT2D eigenvalue weighted by Crippen LogP contribution is 2.38. The average Bonchev–Trinajstić information content (AvgIpc) is 3.37. The van der Waals surface area contributed by atoms with Crippen LogP contribution in [0.15, 0.2) is 12.1 Å². The number of hydrogen-bond acceptors (Lipinski definition) is 4. The molecule has 3 aliphatic rings. The third-order valence-electron chi connectivity index (χ3n) is 4.84. The van der Waals surface area contributed by atoms with Crippen molar-refractivity contribution in [2.45, 2.75) is 56.7 Å². The normalized spacial score (nSPS) is 35.8. The number of ether oxygens (including phenoxy) is 2. The van der Waals surface area contributed by atoms with Crippen molar-refractivity contribution in [2.75, 3.05) is 13.2 Å². The maximum absolute atomic E-state index is 5.34. The number of epoxide rings is 2. The molecule has 0 radical (unpaired) electrons. The Labute approximate surface area is 119 Å². The van der Waals surface area contributed by atoms with E-state index in [0.717, 1.165) is 31.2 Å². The zero-order valence-electron chi connectivity index (χ0n) is 11.8. The second kappa shape index (κ2) is 5.41. The van der Waals surface area contributed by atoms with E-state index >= 15 is 0 Å². The summed E-state index contributed by atoms with van der Waals surface area (Å²) in [4.78, 5) is 0. The summed E-state index contributed by atoms with van der Waals surface area (Å²) in [6, 6.07) is 4.31. The Kier molecular flexibility index (Phi) is 3.44. The summed E-state index contributed by atoms with van der Waals surface area (Å²) in [5.74, 6) is 1.49. The SMILES string of the molecule is c1cc(C2CCC(CC3CO3)CC2)nnc1CC1CO1. The van der Waals surface area contributed by atoms with E-state index in [1.165, 1.54) is 37.8 Å². The van der Waals surface area contributed by atoms with Crippen LogP contribution in [0.2, 0.25) is 0 Å². The number of rotatable bonds is 5. The van der Waals surface area contributed by atoms with Gasteiger partial charge in [0, 0.05) is 12.3 Å². The van der Waals surface area contributed by atoms with E-state index in [2.05, 4.69) is 22.3 Å². The van der Waals surface area contributed by atoms with E-state index in [1.54, 1.807) is 0 Å². The van der Waals surface area contributed by atoms with Gasteiger partial charge >= 0.3 is 0 Å². The van der Waals surface area contributed by atoms with Crippen molar-refractivity contribution in [1.82, 2.24) is 10.2 Å². The van der Waals surface area contributed by atoms with E-state index in [1.807, 2.05) is 0 Å². The predicted molar refractivity (Wildman–Crippen MR) is 74.5 cm³/mol. The molecule has 1 aromatic heterocycles. The lowest BCUT2D eigenvalue weighted by atomic mass is 9.78. The molecular formula is C16H22N2O2. The second-order valence-electron chi connectivity index (χ2n) is 6.52. The summed E-state index contributed by atoms with van der Waals surface area (Å²) in [7, 11) is 0. The van der Waals surface area contributed by atoms with Gasteiger partial charge in [0.25, 0.3) is 0 Å². The lowest BCUT2D eigenvalue weighted by Gasteiger charge is -2.27. The minimum atomic E-state index is 0.398. The van der Waals surface area contributed by atoms with Crippen molar-refractivity contribution in [3.63, 3.8) is 0 Å². The van der Waals surface area contributed by atoms with Gasteiger partial charge in [0.05, 0.1) is 36.8 Å². The molecular weight excluding hydrogens is 252 g/mol. The summed E-state index contributed by atoms with van der Waals surface area (Å²) in [5, 5.41) is 8.81. The van der Waals surface area contributed by atoms with Crippen LogP contribution in [0, 0.1) is 5.92 Å². The topological polar surface area (TPSA) is 50.8 Å². The standard InChI is InChI=1S/C16H22N2O2/c1-3-12(4-2-11(1)7-14-9-19-14)16-6-5-13(17-18-16)8-15-10-20-15/h5-6,11-12,14-15H,1-4,7-10H2.